The zero-order chi connectivity index (χ0) is 13.2. The number of hydrogen-bond acceptors (Lipinski definition) is 2. The molecule has 1 N–H and O–H groups in total. The molecule has 3 nitrogen and oxygen atoms in total. The van der Waals surface area contributed by atoms with Crippen LogP contribution in [0.3, 0.4) is 0 Å². The molecular formula is C16H14N2O. The molecule has 0 saturated heterocycles. The van der Waals surface area contributed by atoms with E-state index in [4.69, 9.17) is 0 Å². The zero-order valence-corrected chi connectivity index (χ0v) is 10.7. The standard InChI is InChI=1S/C16H14N2O/c1-11(19)9-16-17-10-15(18-16)14-8-4-6-12-5-2-3-7-13(12)14/h2-8,10H,9H2,1H3,(H,17,18). The molecule has 94 valence electrons. The van der Waals surface area contributed by atoms with E-state index in [1.54, 1.807) is 13.1 Å². The first-order valence-electron chi connectivity index (χ1n) is 6.25. The van der Waals surface area contributed by atoms with Crippen LogP contribution in [0.25, 0.3) is 22.0 Å². The number of aromatic amines is 1. The number of rotatable bonds is 3. The summed E-state index contributed by atoms with van der Waals surface area (Å²) >= 11 is 0. The highest BCUT2D eigenvalue weighted by Gasteiger charge is 2.07. The maximum absolute atomic E-state index is 11.1. The second-order valence-corrected chi connectivity index (χ2v) is 4.65. The molecule has 1 aromatic heterocycles. The van der Waals surface area contributed by atoms with E-state index in [1.807, 2.05) is 18.2 Å². The van der Waals surface area contributed by atoms with Gasteiger partial charge >= 0.3 is 0 Å². The number of carbonyl (C=O) groups excluding carboxylic acids is 1. The lowest BCUT2D eigenvalue weighted by atomic mass is 10.0. The first kappa shape index (κ1) is 11.7. The van der Waals surface area contributed by atoms with Crippen molar-refractivity contribution in [3.05, 3.63) is 54.5 Å². The van der Waals surface area contributed by atoms with Crippen LogP contribution in [0.5, 0.6) is 0 Å². The number of nitrogens with one attached hydrogen (secondary N) is 1. The Labute approximate surface area is 111 Å². The Kier molecular flexibility index (Phi) is 2.88. The van der Waals surface area contributed by atoms with Gasteiger partial charge in [0.2, 0.25) is 0 Å². The van der Waals surface area contributed by atoms with Crippen molar-refractivity contribution in [2.45, 2.75) is 13.3 Å². The summed E-state index contributed by atoms with van der Waals surface area (Å²) in [6, 6.07) is 14.4. The van der Waals surface area contributed by atoms with Crippen molar-refractivity contribution in [3.63, 3.8) is 0 Å². The summed E-state index contributed by atoms with van der Waals surface area (Å²) < 4.78 is 0. The molecule has 0 aliphatic carbocycles. The van der Waals surface area contributed by atoms with Crippen molar-refractivity contribution in [1.82, 2.24) is 9.97 Å². The van der Waals surface area contributed by atoms with Crippen LogP contribution in [0, 0.1) is 0 Å². The summed E-state index contributed by atoms with van der Waals surface area (Å²) in [5, 5.41) is 2.38. The second-order valence-electron chi connectivity index (χ2n) is 4.65. The Morgan fingerprint density at radius 1 is 1.16 bits per heavy atom. The van der Waals surface area contributed by atoms with Crippen molar-refractivity contribution in [2.24, 2.45) is 0 Å². The third kappa shape index (κ3) is 2.27. The van der Waals surface area contributed by atoms with Gasteiger partial charge < -0.3 is 4.98 Å². The highest BCUT2D eigenvalue weighted by Crippen LogP contribution is 2.27. The summed E-state index contributed by atoms with van der Waals surface area (Å²) in [5.41, 5.74) is 2.06. The van der Waals surface area contributed by atoms with Crippen molar-refractivity contribution in [1.29, 1.82) is 0 Å². The molecule has 3 aromatic rings. The van der Waals surface area contributed by atoms with Crippen LogP contribution in [0.2, 0.25) is 0 Å². The SMILES string of the molecule is CC(=O)Cc1ncc(-c2cccc3ccccc23)[nH]1. The molecule has 0 amide bonds. The van der Waals surface area contributed by atoms with Crippen LogP contribution in [0.4, 0.5) is 0 Å². The van der Waals surface area contributed by atoms with Crippen LogP contribution in [0.15, 0.2) is 48.7 Å². The molecule has 0 spiro atoms. The van der Waals surface area contributed by atoms with Gasteiger partial charge in [-0.1, -0.05) is 42.5 Å². The zero-order valence-electron chi connectivity index (χ0n) is 10.7. The van der Waals surface area contributed by atoms with E-state index >= 15 is 0 Å². The molecular weight excluding hydrogens is 236 g/mol. The molecule has 0 aliphatic heterocycles. The molecule has 0 radical (unpaired) electrons. The van der Waals surface area contributed by atoms with Gasteiger partial charge in [0.25, 0.3) is 0 Å². The predicted octanol–water partition coefficient (Wildman–Crippen LogP) is 3.36. The summed E-state index contributed by atoms with van der Waals surface area (Å²) in [7, 11) is 0. The molecule has 0 unspecified atom stereocenters. The average Bonchev–Trinajstić information content (AvgIpc) is 2.85. The van der Waals surface area contributed by atoms with Crippen molar-refractivity contribution < 1.29 is 4.79 Å². The smallest absolute Gasteiger partial charge is 0.137 e. The van der Waals surface area contributed by atoms with Gasteiger partial charge in [-0.2, -0.15) is 0 Å². The lowest BCUT2D eigenvalue weighted by Crippen LogP contribution is -1.97. The predicted molar refractivity (Wildman–Crippen MR) is 75.9 cm³/mol. The van der Waals surface area contributed by atoms with Gasteiger partial charge in [0.05, 0.1) is 18.3 Å². The van der Waals surface area contributed by atoms with Crippen molar-refractivity contribution in [2.75, 3.05) is 0 Å². The molecule has 0 fully saturated rings. The lowest BCUT2D eigenvalue weighted by molar-refractivity contribution is -0.116. The Hall–Kier alpha value is -2.42. The second kappa shape index (κ2) is 4.69. The van der Waals surface area contributed by atoms with Gasteiger partial charge in [-0.05, 0) is 17.7 Å². The summed E-state index contributed by atoms with van der Waals surface area (Å²) in [6.45, 7) is 1.57. The van der Waals surface area contributed by atoms with E-state index in [0.29, 0.717) is 6.42 Å². The Bertz CT molecular complexity index is 738. The van der Waals surface area contributed by atoms with E-state index in [0.717, 1.165) is 17.1 Å². The third-order valence-electron chi connectivity index (χ3n) is 3.12. The molecule has 2 aromatic carbocycles. The Morgan fingerprint density at radius 2 is 1.95 bits per heavy atom. The van der Waals surface area contributed by atoms with Crippen LogP contribution >= 0.6 is 0 Å². The topological polar surface area (TPSA) is 45.8 Å². The fourth-order valence-electron chi connectivity index (χ4n) is 2.29. The van der Waals surface area contributed by atoms with Crippen LogP contribution < -0.4 is 0 Å². The highest BCUT2D eigenvalue weighted by molar-refractivity contribution is 5.95. The van der Waals surface area contributed by atoms with Crippen LogP contribution in [0.1, 0.15) is 12.7 Å². The molecule has 19 heavy (non-hydrogen) atoms. The van der Waals surface area contributed by atoms with Crippen LogP contribution in [-0.4, -0.2) is 15.8 Å². The molecule has 0 bridgehead atoms. The van der Waals surface area contributed by atoms with E-state index < -0.39 is 0 Å². The van der Waals surface area contributed by atoms with E-state index in [9.17, 15) is 4.79 Å². The fraction of sp³-hybridized carbons (Fsp3) is 0.125. The van der Waals surface area contributed by atoms with Gasteiger partial charge in [-0.25, -0.2) is 4.98 Å². The van der Waals surface area contributed by atoms with Crippen molar-refractivity contribution in [3.8, 4) is 11.3 Å². The molecule has 0 saturated carbocycles. The minimum absolute atomic E-state index is 0.110. The quantitative estimate of drug-likeness (QED) is 0.774. The molecule has 1 heterocycles. The Balaban J connectivity index is 2.09. The minimum atomic E-state index is 0.110. The number of fused-ring (bicyclic) bond motifs is 1. The first-order valence-corrected chi connectivity index (χ1v) is 6.25. The largest absolute Gasteiger partial charge is 0.342 e. The highest BCUT2D eigenvalue weighted by atomic mass is 16.1. The number of nitrogens with zero attached hydrogens (tertiary/aromatic N) is 1. The summed E-state index contributed by atoms with van der Waals surface area (Å²) in [5.74, 6) is 0.828. The number of aromatic nitrogens is 2. The molecule has 3 heteroatoms. The summed E-state index contributed by atoms with van der Waals surface area (Å²) in [4.78, 5) is 18.6. The van der Waals surface area contributed by atoms with Crippen LogP contribution in [-0.2, 0) is 11.2 Å². The van der Waals surface area contributed by atoms with E-state index in [2.05, 4.69) is 34.2 Å². The van der Waals surface area contributed by atoms with E-state index in [-0.39, 0.29) is 5.78 Å². The van der Waals surface area contributed by atoms with E-state index in [1.165, 1.54) is 10.8 Å². The molecule has 0 aliphatic rings. The van der Waals surface area contributed by atoms with Gasteiger partial charge in [-0.3, -0.25) is 4.79 Å². The van der Waals surface area contributed by atoms with Gasteiger partial charge in [-0.15, -0.1) is 0 Å². The number of ketones is 1. The average molecular weight is 250 g/mol. The lowest BCUT2D eigenvalue weighted by Gasteiger charge is -2.03. The Morgan fingerprint density at radius 3 is 2.79 bits per heavy atom. The maximum atomic E-state index is 11.1. The monoisotopic (exact) mass is 250 g/mol. The number of Topliss-reactive ketones (excluding diaryl/α,β-unsaturated/α-hetero) is 1. The first-order chi connectivity index (χ1) is 9.24. The number of hydrogen-bond donors (Lipinski definition) is 1. The molecule has 3 rings (SSSR count). The van der Waals surface area contributed by atoms with Gasteiger partial charge in [0, 0.05) is 5.56 Å². The number of H-pyrrole nitrogens is 1. The third-order valence-corrected chi connectivity index (χ3v) is 3.12. The van der Waals surface area contributed by atoms with Gasteiger partial charge in [0.15, 0.2) is 0 Å². The number of carbonyl (C=O) groups is 1. The minimum Gasteiger partial charge on any atom is -0.342 e. The normalized spacial score (nSPS) is 10.8. The maximum Gasteiger partial charge on any atom is 0.137 e. The summed E-state index contributed by atoms with van der Waals surface area (Å²) in [6.07, 6.45) is 2.14. The fourth-order valence-corrected chi connectivity index (χ4v) is 2.29. The van der Waals surface area contributed by atoms with Crippen molar-refractivity contribution >= 4 is 16.6 Å². The number of imidazole rings is 1. The van der Waals surface area contributed by atoms with Gasteiger partial charge in [0.1, 0.15) is 11.6 Å². The molecule has 0 atom stereocenters. The number of benzene rings is 2.